The van der Waals surface area contributed by atoms with Gasteiger partial charge in [0.05, 0.1) is 16.8 Å². The molecule has 0 amide bonds. The van der Waals surface area contributed by atoms with Crippen LogP contribution < -0.4 is 5.32 Å². The monoisotopic (exact) mass is 296 g/mol. The summed E-state index contributed by atoms with van der Waals surface area (Å²) in [4.78, 5) is 0. The summed E-state index contributed by atoms with van der Waals surface area (Å²) in [6.07, 6.45) is -1.28. The Hall–Kier alpha value is -1.70. The topological polar surface area (TPSA) is 35.8 Å². The number of anilines is 1. The summed E-state index contributed by atoms with van der Waals surface area (Å²) in [7, 11) is 0. The molecule has 0 aromatic heterocycles. The van der Waals surface area contributed by atoms with E-state index >= 15 is 0 Å². The zero-order valence-electron chi connectivity index (χ0n) is 12.2. The van der Waals surface area contributed by atoms with E-state index in [4.69, 9.17) is 5.26 Å². The van der Waals surface area contributed by atoms with Gasteiger partial charge in [-0.1, -0.05) is 13.8 Å². The van der Waals surface area contributed by atoms with Crippen molar-refractivity contribution in [3.8, 4) is 6.07 Å². The first-order chi connectivity index (χ1) is 9.79. The third-order valence-electron chi connectivity index (χ3n) is 4.01. The van der Waals surface area contributed by atoms with Crippen LogP contribution >= 0.6 is 0 Å². The van der Waals surface area contributed by atoms with Gasteiger partial charge in [0.1, 0.15) is 6.07 Å². The highest BCUT2D eigenvalue weighted by molar-refractivity contribution is 5.59. The fraction of sp³-hybridized carbons (Fsp3) is 0.562. The van der Waals surface area contributed by atoms with Crippen molar-refractivity contribution in [3.63, 3.8) is 0 Å². The highest BCUT2D eigenvalue weighted by Gasteiger charge is 2.31. The summed E-state index contributed by atoms with van der Waals surface area (Å²) >= 11 is 0. The maximum atomic E-state index is 12.7. The molecular formula is C16H19F3N2. The predicted octanol–water partition coefficient (Wildman–Crippen LogP) is 4.81. The lowest BCUT2D eigenvalue weighted by Crippen LogP contribution is -2.30. The Bertz CT molecular complexity index is 535. The number of nitrogens with one attached hydrogen (secondary N) is 1. The van der Waals surface area contributed by atoms with Crippen molar-refractivity contribution in [3.05, 3.63) is 29.3 Å². The van der Waals surface area contributed by atoms with Crippen molar-refractivity contribution in [1.29, 1.82) is 5.26 Å². The van der Waals surface area contributed by atoms with Crippen molar-refractivity contribution in [2.45, 2.75) is 45.3 Å². The van der Waals surface area contributed by atoms with Crippen LogP contribution in [0.5, 0.6) is 0 Å². The molecule has 114 valence electrons. The number of alkyl halides is 3. The SMILES string of the molecule is CC1CC(C)CC(Nc2ccc(C(F)(F)F)cc2C#N)C1. The molecule has 2 unspecified atom stereocenters. The Kier molecular flexibility index (Phi) is 4.46. The third kappa shape index (κ3) is 3.90. The van der Waals surface area contributed by atoms with E-state index in [1.807, 2.05) is 6.07 Å². The van der Waals surface area contributed by atoms with Crippen molar-refractivity contribution in [2.24, 2.45) is 11.8 Å². The average molecular weight is 296 g/mol. The quantitative estimate of drug-likeness (QED) is 0.849. The molecule has 0 radical (unpaired) electrons. The molecule has 2 nitrogen and oxygen atoms in total. The maximum Gasteiger partial charge on any atom is 0.416 e. The summed E-state index contributed by atoms with van der Waals surface area (Å²) in [5.74, 6) is 1.18. The molecule has 5 heteroatoms. The normalized spacial score (nSPS) is 26.2. The smallest absolute Gasteiger partial charge is 0.381 e. The lowest BCUT2D eigenvalue weighted by atomic mass is 9.80. The van der Waals surface area contributed by atoms with Crippen molar-refractivity contribution < 1.29 is 13.2 Å². The van der Waals surface area contributed by atoms with Gasteiger partial charge in [-0.15, -0.1) is 0 Å². The minimum absolute atomic E-state index is 0.0516. The zero-order chi connectivity index (χ0) is 15.6. The van der Waals surface area contributed by atoms with Gasteiger partial charge >= 0.3 is 6.18 Å². The summed E-state index contributed by atoms with van der Waals surface area (Å²) < 4.78 is 38.0. The van der Waals surface area contributed by atoms with Gasteiger partial charge in [0.25, 0.3) is 0 Å². The standard InChI is InChI=1S/C16H19F3N2/c1-10-5-11(2)7-14(6-10)21-15-4-3-13(16(17,18)19)8-12(15)9-20/h3-4,8,10-11,14,21H,5-7H2,1-2H3. The molecule has 0 spiro atoms. The second kappa shape index (κ2) is 5.97. The van der Waals surface area contributed by atoms with E-state index in [0.29, 0.717) is 17.5 Å². The molecule has 0 aliphatic heterocycles. The van der Waals surface area contributed by atoms with Gasteiger partial charge in [0, 0.05) is 6.04 Å². The van der Waals surface area contributed by atoms with Gasteiger partial charge in [0.15, 0.2) is 0 Å². The van der Waals surface area contributed by atoms with Crippen LogP contribution in [0.15, 0.2) is 18.2 Å². The summed E-state index contributed by atoms with van der Waals surface area (Å²) in [6, 6.07) is 5.38. The molecule has 0 heterocycles. The maximum absolute atomic E-state index is 12.7. The number of benzene rings is 1. The number of halogens is 3. The molecule has 1 aromatic rings. The van der Waals surface area contributed by atoms with Crippen LogP contribution in [0.4, 0.5) is 18.9 Å². The molecule has 1 N–H and O–H groups in total. The van der Waals surface area contributed by atoms with E-state index in [2.05, 4.69) is 19.2 Å². The molecule has 2 rings (SSSR count). The Morgan fingerprint density at radius 1 is 1.14 bits per heavy atom. The van der Waals surface area contributed by atoms with Gasteiger partial charge < -0.3 is 5.32 Å². The molecule has 1 aliphatic rings. The fourth-order valence-corrected chi connectivity index (χ4v) is 3.22. The van der Waals surface area contributed by atoms with Crippen LogP contribution in [0, 0.1) is 23.2 Å². The lowest BCUT2D eigenvalue weighted by Gasteiger charge is -2.32. The van der Waals surface area contributed by atoms with Crippen molar-refractivity contribution in [2.75, 3.05) is 5.32 Å². The van der Waals surface area contributed by atoms with Crippen molar-refractivity contribution in [1.82, 2.24) is 0 Å². The number of rotatable bonds is 2. The highest BCUT2D eigenvalue weighted by Crippen LogP contribution is 2.34. The summed E-state index contributed by atoms with van der Waals surface area (Å²) in [6.45, 7) is 4.37. The molecule has 1 fully saturated rings. The number of nitriles is 1. The highest BCUT2D eigenvalue weighted by atomic mass is 19.4. The van der Waals surface area contributed by atoms with Crippen LogP contribution in [-0.4, -0.2) is 6.04 Å². The largest absolute Gasteiger partial charge is 0.416 e. The van der Waals surface area contributed by atoms with E-state index < -0.39 is 11.7 Å². The van der Waals surface area contributed by atoms with E-state index in [0.717, 1.165) is 25.0 Å². The number of hydrogen-bond donors (Lipinski definition) is 1. The lowest BCUT2D eigenvalue weighted by molar-refractivity contribution is -0.137. The molecule has 0 saturated heterocycles. The molecule has 1 aromatic carbocycles. The first-order valence-corrected chi connectivity index (χ1v) is 7.17. The third-order valence-corrected chi connectivity index (χ3v) is 4.01. The molecule has 21 heavy (non-hydrogen) atoms. The predicted molar refractivity (Wildman–Crippen MR) is 75.7 cm³/mol. The van der Waals surface area contributed by atoms with Gasteiger partial charge in [-0.2, -0.15) is 18.4 Å². The van der Waals surface area contributed by atoms with E-state index in [1.54, 1.807) is 0 Å². The van der Waals surface area contributed by atoms with Gasteiger partial charge in [-0.3, -0.25) is 0 Å². The summed E-state index contributed by atoms with van der Waals surface area (Å²) in [5, 5.41) is 12.3. The van der Waals surface area contributed by atoms with Crippen LogP contribution in [0.2, 0.25) is 0 Å². The van der Waals surface area contributed by atoms with Gasteiger partial charge in [0.2, 0.25) is 0 Å². The minimum Gasteiger partial charge on any atom is -0.381 e. The number of hydrogen-bond acceptors (Lipinski definition) is 2. The van der Waals surface area contributed by atoms with Crippen LogP contribution in [0.25, 0.3) is 0 Å². The summed E-state index contributed by atoms with van der Waals surface area (Å²) in [5.41, 5.74) is -0.234. The van der Waals surface area contributed by atoms with Crippen LogP contribution in [-0.2, 0) is 6.18 Å². The second-order valence-corrected chi connectivity index (χ2v) is 6.13. The van der Waals surface area contributed by atoms with E-state index in [9.17, 15) is 13.2 Å². The molecule has 1 saturated carbocycles. The minimum atomic E-state index is -4.42. The van der Waals surface area contributed by atoms with Gasteiger partial charge in [-0.25, -0.2) is 0 Å². The Morgan fingerprint density at radius 3 is 2.29 bits per heavy atom. The molecule has 2 atom stereocenters. The Morgan fingerprint density at radius 2 is 1.76 bits per heavy atom. The Balaban J connectivity index is 2.19. The molecule has 0 bridgehead atoms. The van der Waals surface area contributed by atoms with Crippen LogP contribution in [0.1, 0.15) is 44.2 Å². The zero-order valence-corrected chi connectivity index (χ0v) is 12.2. The first kappa shape index (κ1) is 15.7. The Labute approximate surface area is 123 Å². The second-order valence-electron chi connectivity index (χ2n) is 6.13. The van der Waals surface area contributed by atoms with Gasteiger partial charge in [-0.05, 0) is 49.3 Å². The molecular weight excluding hydrogens is 277 g/mol. The van der Waals surface area contributed by atoms with E-state index in [-0.39, 0.29) is 11.6 Å². The first-order valence-electron chi connectivity index (χ1n) is 7.17. The van der Waals surface area contributed by atoms with Crippen molar-refractivity contribution >= 4 is 5.69 Å². The average Bonchev–Trinajstić information content (AvgIpc) is 2.36. The molecule has 1 aliphatic carbocycles. The number of nitrogens with zero attached hydrogens (tertiary/aromatic N) is 1. The fourth-order valence-electron chi connectivity index (χ4n) is 3.22. The van der Waals surface area contributed by atoms with E-state index in [1.165, 1.54) is 12.5 Å². The van der Waals surface area contributed by atoms with Crippen LogP contribution in [0.3, 0.4) is 0 Å².